The van der Waals surface area contributed by atoms with Crippen molar-refractivity contribution in [1.29, 1.82) is 0 Å². The summed E-state index contributed by atoms with van der Waals surface area (Å²) in [6, 6.07) is 13.9. The average Bonchev–Trinajstić information content (AvgIpc) is 2.69. The Kier molecular flexibility index (Phi) is 6.26. The highest BCUT2D eigenvalue weighted by molar-refractivity contribution is 6.34. The summed E-state index contributed by atoms with van der Waals surface area (Å²) in [5.74, 6) is -0.496. The van der Waals surface area contributed by atoms with E-state index >= 15 is 0 Å². The number of halogens is 1. The van der Waals surface area contributed by atoms with Crippen LogP contribution in [-0.4, -0.2) is 15.5 Å². The Labute approximate surface area is 169 Å². The number of amides is 1. The predicted octanol–water partition coefficient (Wildman–Crippen LogP) is 4.92. The maximum Gasteiger partial charge on any atom is 0.261 e. The molecule has 1 amide bonds. The summed E-state index contributed by atoms with van der Waals surface area (Å²) in [6.45, 7) is 4.67. The lowest BCUT2D eigenvalue weighted by Gasteiger charge is -2.19. The number of nitrogens with one attached hydrogen (secondary N) is 1. The minimum absolute atomic E-state index is 0.0697. The summed E-state index contributed by atoms with van der Waals surface area (Å²) in [4.78, 5) is 30.4. The molecule has 0 unspecified atom stereocenters. The highest BCUT2D eigenvalue weighted by Crippen LogP contribution is 2.25. The normalized spacial score (nSPS) is 10.7. The van der Waals surface area contributed by atoms with Crippen molar-refractivity contribution in [3.05, 3.63) is 81.2 Å². The molecule has 144 valence electrons. The van der Waals surface area contributed by atoms with E-state index in [1.807, 2.05) is 23.6 Å². The van der Waals surface area contributed by atoms with Gasteiger partial charge in [0.25, 0.3) is 5.91 Å². The Balaban J connectivity index is 2.18. The molecule has 3 aromatic rings. The Bertz CT molecular complexity index is 1050. The van der Waals surface area contributed by atoms with Crippen LogP contribution in [0.2, 0.25) is 5.02 Å². The van der Waals surface area contributed by atoms with Gasteiger partial charge in [0.15, 0.2) is 5.43 Å². The Morgan fingerprint density at radius 3 is 2.61 bits per heavy atom. The number of hydrogen-bond donors (Lipinski definition) is 1. The lowest BCUT2D eigenvalue weighted by atomic mass is 10.1. The van der Waals surface area contributed by atoms with Crippen LogP contribution in [0, 0.1) is 6.92 Å². The van der Waals surface area contributed by atoms with Crippen molar-refractivity contribution in [1.82, 2.24) is 9.55 Å². The van der Waals surface area contributed by atoms with Crippen LogP contribution < -0.4 is 10.7 Å². The average molecular weight is 396 g/mol. The van der Waals surface area contributed by atoms with Crippen molar-refractivity contribution >= 4 is 23.2 Å². The number of pyridine rings is 2. The van der Waals surface area contributed by atoms with Gasteiger partial charge in [-0.3, -0.25) is 14.6 Å². The van der Waals surface area contributed by atoms with Crippen molar-refractivity contribution in [3.8, 4) is 11.4 Å². The van der Waals surface area contributed by atoms with Crippen molar-refractivity contribution in [2.75, 3.05) is 5.32 Å². The summed E-state index contributed by atoms with van der Waals surface area (Å²) in [5, 5.41) is 3.18. The number of benzene rings is 1. The van der Waals surface area contributed by atoms with Gasteiger partial charge in [-0.1, -0.05) is 43.1 Å². The summed E-state index contributed by atoms with van der Waals surface area (Å²) in [7, 11) is 0. The second-order valence-corrected chi connectivity index (χ2v) is 6.93. The lowest BCUT2D eigenvalue weighted by Crippen LogP contribution is -2.27. The first-order chi connectivity index (χ1) is 13.5. The topological polar surface area (TPSA) is 64.0 Å². The van der Waals surface area contributed by atoms with Gasteiger partial charge in [-0.2, -0.15) is 0 Å². The molecular formula is C22H22ClN3O2. The fraction of sp³-hybridized carbons (Fsp3) is 0.227. The number of aromatic nitrogens is 2. The molecular weight excluding hydrogens is 374 g/mol. The van der Waals surface area contributed by atoms with Crippen LogP contribution in [0.25, 0.3) is 11.4 Å². The van der Waals surface area contributed by atoms with Crippen molar-refractivity contribution in [2.45, 2.75) is 33.2 Å². The molecule has 28 heavy (non-hydrogen) atoms. The van der Waals surface area contributed by atoms with Crippen LogP contribution in [0.5, 0.6) is 0 Å². The number of carbonyl (C=O) groups excluding carboxylic acids is 1. The number of aryl methyl sites for hydroxylation is 1. The minimum atomic E-state index is -0.496. The SMILES string of the molecule is CCCCn1c(C)cc(=O)c(C(=O)Nc2ccccc2Cl)c1-c1ccccn1. The van der Waals surface area contributed by atoms with Gasteiger partial charge in [0.2, 0.25) is 0 Å². The zero-order chi connectivity index (χ0) is 20.1. The van der Waals surface area contributed by atoms with E-state index in [2.05, 4.69) is 17.2 Å². The lowest BCUT2D eigenvalue weighted by molar-refractivity contribution is 0.102. The fourth-order valence-corrected chi connectivity index (χ4v) is 3.29. The van der Waals surface area contributed by atoms with Gasteiger partial charge in [0.05, 0.1) is 22.1 Å². The third-order valence-electron chi connectivity index (χ3n) is 4.51. The Morgan fingerprint density at radius 1 is 1.18 bits per heavy atom. The number of carbonyl (C=O) groups is 1. The largest absolute Gasteiger partial charge is 0.343 e. The molecule has 6 heteroatoms. The number of hydrogen-bond acceptors (Lipinski definition) is 3. The van der Waals surface area contributed by atoms with Crippen LogP contribution in [0.15, 0.2) is 59.5 Å². The Morgan fingerprint density at radius 2 is 1.93 bits per heavy atom. The summed E-state index contributed by atoms with van der Waals surface area (Å²) in [6.07, 6.45) is 3.57. The van der Waals surface area contributed by atoms with Gasteiger partial charge in [0, 0.05) is 24.5 Å². The number of rotatable bonds is 6. The first-order valence-electron chi connectivity index (χ1n) is 9.24. The molecule has 2 heterocycles. The standard InChI is InChI=1S/C22H22ClN3O2/c1-3-4-13-26-15(2)14-19(27)20(21(26)18-11-7-8-12-24-18)22(28)25-17-10-6-5-9-16(17)23/h5-12,14H,3-4,13H2,1-2H3,(H,25,28). The number of unbranched alkanes of at least 4 members (excludes halogenated alkanes) is 1. The first kappa shape index (κ1) is 19.8. The Hall–Kier alpha value is -2.92. The third-order valence-corrected chi connectivity index (χ3v) is 4.84. The third kappa shape index (κ3) is 4.15. The molecule has 0 aliphatic carbocycles. The smallest absolute Gasteiger partial charge is 0.261 e. The van der Waals surface area contributed by atoms with Crippen LogP contribution >= 0.6 is 11.6 Å². The zero-order valence-corrected chi connectivity index (χ0v) is 16.7. The summed E-state index contributed by atoms with van der Waals surface area (Å²) < 4.78 is 1.99. The monoisotopic (exact) mass is 395 g/mol. The first-order valence-corrected chi connectivity index (χ1v) is 9.62. The second-order valence-electron chi connectivity index (χ2n) is 6.53. The highest BCUT2D eigenvalue weighted by Gasteiger charge is 2.22. The van der Waals surface area contributed by atoms with Crippen LogP contribution in [0.3, 0.4) is 0 Å². The van der Waals surface area contributed by atoms with Gasteiger partial charge in [-0.25, -0.2) is 0 Å². The number of anilines is 1. The van der Waals surface area contributed by atoms with Crippen molar-refractivity contribution < 1.29 is 4.79 Å². The molecule has 0 radical (unpaired) electrons. The molecule has 0 saturated heterocycles. The maximum atomic E-state index is 13.1. The van der Waals surface area contributed by atoms with E-state index in [9.17, 15) is 9.59 Å². The predicted molar refractivity (Wildman–Crippen MR) is 113 cm³/mol. The van der Waals surface area contributed by atoms with Gasteiger partial charge >= 0.3 is 0 Å². The van der Waals surface area contributed by atoms with Gasteiger partial charge < -0.3 is 9.88 Å². The molecule has 3 rings (SSSR count). The van der Waals surface area contributed by atoms with E-state index in [0.29, 0.717) is 28.6 Å². The van der Waals surface area contributed by atoms with E-state index in [4.69, 9.17) is 11.6 Å². The van der Waals surface area contributed by atoms with Crippen LogP contribution in [0.1, 0.15) is 35.8 Å². The molecule has 0 bridgehead atoms. The fourth-order valence-electron chi connectivity index (χ4n) is 3.11. The number of nitrogens with zero attached hydrogens (tertiary/aromatic N) is 2. The van der Waals surface area contributed by atoms with Crippen LogP contribution in [0.4, 0.5) is 5.69 Å². The highest BCUT2D eigenvalue weighted by atomic mass is 35.5. The van der Waals surface area contributed by atoms with Gasteiger partial charge in [-0.15, -0.1) is 0 Å². The maximum absolute atomic E-state index is 13.1. The number of para-hydroxylation sites is 1. The van der Waals surface area contributed by atoms with Gasteiger partial charge in [0.1, 0.15) is 5.56 Å². The quantitative estimate of drug-likeness (QED) is 0.644. The van der Waals surface area contributed by atoms with Crippen LogP contribution in [-0.2, 0) is 6.54 Å². The molecule has 0 aliphatic rings. The molecule has 0 saturated carbocycles. The molecule has 1 N–H and O–H groups in total. The molecule has 0 aliphatic heterocycles. The van der Waals surface area contributed by atoms with E-state index in [1.165, 1.54) is 6.07 Å². The van der Waals surface area contributed by atoms with Crippen molar-refractivity contribution in [2.24, 2.45) is 0 Å². The molecule has 2 aromatic heterocycles. The molecule has 0 atom stereocenters. The van der Waals surface area contributed by atoms with E-state index in [0.717, 1.165) is 18.5 Å². The second kappa shape index (κ2) is 8.85. The van der Waals surface area contributed by atoms with E-state index in [-0.39, 0.29) is 11.0 Å². The molecule has 5 nitrogen and oxygen atoms in total. The minimum Gasteiger partial charge on any atom is -0.343 e. The molecule has 0 fully saturated rings. The van der Waals surface area contributed by atoms with E-state index in [1.54, 1.807) is 36.5 Å². The van der Waals surface area contributed by atoms with Gasteiger partial charge in [-0.05, 0) is 37.6 Å². The molecule has 1 aromatic carbocycles. The summed E-state index contributed by atoms with van der Waals surface area (Å²) >= 11 is 6.17. The van der Waals surface area contributed by atoms with E-state index < -0.39 is 5.91 Å². The zero-order valence-electron chi connectivity index (χ0n) is 15.9. The van der Waals surface area contributed by atoms with Crippen molar-refractivity contribution in [3.63, 3.8) is 0 Å². The summed E-state index contributed by atoms with van der Waals surface area (Å²) in [5.41, 5.74) is 2.11. The molecule has 0 spiro atoms.